The van der Waals surface area contributed by atoms with E-state index in [1.807, 2.05) is 13.0 Å². The van der Waals surface area contributed by atoms with Gasteiger partial charge in [0.25, 0.3) is 0 Å². The van der Waals surface area contributed by atoms with Crippen molar-refractivity contribution in [2.45, 2.75) is 20.0 Å². The van der Waals surface area contributed by atoms with E-state index < -0.39 is 0 Å². The fraction of sp³-hybridized carbons (Fsp3) is 0.333. The van der Waals surface area contributed by atoms with E-state index in [2.05, 4.69) is 58.5 Å². The topological polar surface area (TPSA) is 41.1 Å². The molecule has 100 valence electrons. The SMILES string of the molecule is Cc1nccc(CNc2ccc(CN(C)C)cc2)n1. The van der Waals surface area contributed by atoms with Crippen molar-refractivity contribution in [2.75, 3.05) is 19.4 Å². The van der Waals surface area contributed by atoms with E-state index in [0.717, 1.165) is 30.3 Å². The smallest absolute Gasteiger partial charge is 0.125 e. The third-order valence-electron chi connectivity index (χ3n) is 2.76. The van der Waals surface area contributed by atoms with Crippen molar-refractivity contribution in [1.29, 1.82) is 0 Å². The van der Waals surface area contributed by atoms with Crippen molar-refractivity contribution >= 4 is 5.69 Å². The monoisotopic (exact) mass is 256 g/mol. The Morgan fingerprint density at radius 2 is 1.84 bits per heavy atom. The third-order valence-corrected chi connectivity index (χ3v) is 2.76. The van der Waals surface area contributed by atoms with Crippen LogP contribution in [0.5, 0.6) is 0 Å². The van der Waals surface area contributed by atoms with Crippen molar-refractivity contribution in [3.8, 4) is 0 Å². The Labute approximate surface area is 114 Å². The number of nitrogens with zero attached hydrogens (tertiary/aromatic N) is 3. The van der Waals surface area contributed by atoms with Gasteiger partial charge in [0, 0.05) is 18.4 Å². The zero-order valence-corrected chi connectivity index (χ0v) is 11.7. The average molecular weight is 256 g/mol. The highest BCUT2D eigenvalue weighted by Gasteiger charge is 1.98. The second-order valence-corrected chi connectivity index (χ2v) is 4.88. The van der Waals surface area contributed by atoms with Crippen molar-refractivity contribution in [3.63, 3.8) is 0 Å². The number of benzene rings is 1. The first kappa shape index (κ1) is 13.5. The maximum Gasteiger partial charge on any atom is 0.125 e. The van der Waals surface area contributed by atoms with E-state index in [9.17, 15) is 0 Å². The lowest BCUT2D eigenvalue weighted by Gasteiger charge is -2.11. The molecule has 2 rings (SSSR count). The molecule has 0 saturated heterocycles. The summed E-state index contributed by atoms with van der Waals surface area (Å²) in [5, 5.41) is 3.36. The Bertz CT molecular complexity index is 520. The van der Waals surface area contributed by atoms with Crippen molar-refractivity contribution < 1.29 is 0 Å². The predicted molar refractivity (Wildman–Crippen MR) is 77.9 cm³/mol. The summed E-state index contributed by atoms with van der Waals surface area (Å²) < 4.78 is 0. The largest absolute Gasteiger partial charge is 0.379 e. The molecule has 1 N–H and O–H groups in total. The molecule has 0 amide bonds. The number of hydrogen-bond donors (Lipinski definition) is 1. The molecular weight excluding hydrogens is 236 g/mol. The molecule has 0 atom stereocenters. The van der Waals surface area contributed by atoms with E-state index in [0.29, 0.717) is 0 Å². The van der Waals surface area contributed by atoms with E-state index in [-0.39, 0.29) is 0 Å². The summed E-state index contributed by atoms with van der Waals surface area (Å²) in [7, 11) is 4.15. The van der Waals surface area contributed by atoms with Crippen LogP contribution in [0.2, 0.25) is 0 Å². The van der Waals surface area contributed by atoms with Gasteiger partial charge in [-0.3, -0.25) is 0 Å². The number of aryl methyl sites for hydroxylation is 1. The molecule has 0 aliphatic rings. The molecule has 19 heavy (non-hydrogen) atoms. The normalized spacial score (nSPS) is 10.7. The van der Waals surface area contributed by atoms with Gasteiger partial charge in [-0.1, -0.05) is 12.1 Å². The second-order valence-electron chi connectivity index (χ2n) is 4.88. The van der Waals surface area contributed by atoms with Crippen LogP contribution in [-0.4, -0.2) is 29.0 Å². The van der Waals surface area contributed by atoms with Gasteiger partial charge in [0.1, 0.15) is 5.82 Å². The number of nitrogens with one attached hydrogen (secondary N) is 1. The first-order chi connectivity index (χ1) is 9.13. The summed E-state index contributed by atoms with van der Waals surface area (Å²) >= 11 is 0. The van der Waals surface area contributed by atoms with Crippen LogP contribution in [0.25, 0.3) is 0 Å². The predicted octanol–water partition coefficient (Wildman–Crippen LogP) is 2.46. The molecule has 0 radical (unpaired) electrons. The Morgan fingerprint density at radius 3 is 2.47 bits per heavy atom. The molecule has 0 bridgehead atoms. The lowest BCUT2D eigenvalue weighted by atomic mass is 10.2. The molecule has 0 aliphatic carbocycles. The van der Waals surface area contributed by atoms with Gasteiger partial charge < -0.3 is 10.2 Å². The summed E-state index contributed by atoms with van der Waals surface area (Å²) in [5.41, 5.74) is 3.43. The highest BCUT2D eigenvalue weighted by atomic mass is 15.0. The minimum atomic E-state index is 0.719. The summed E-state index contributed by atoms with van der Waals surface area (Å²) in [6, 6.07) is 10.4. The molecule has 0 saturated carbocycles. The fourth-order valence-corrected chi connectivity index (χ4v) is 1.89. The van der Waals surface area contributed by atoms with Crippen molar-refractivity contribution in [2.24, 2.45) is 0 Å². The molecule has 0 fully saturated rings. The Hall–Kier alpha value is -1.94. The number of hydrogen-bond acceptors (Lipinski definition) is 4. The van der Waals surface area contributed by atoms with Crippen LogP contribution in [0.1, 0.15) is 17.1 Å². The maximum absolute atomic E-state index is 4.36. The average Bonchev–Trinajstić information content (AvgIpc) is 2.37. The van der Waals surface area contributed by atoms with Crippen LogP contribution in [0.15, 0.2) is 36.5 Å². The van der Waals surface area contributed by atoms with Gasteiger partial charge >= 0.3 is 0 Å². The number of anilines is 1. The zero-order chi connectivity index (χ0) is 13.7. The molecule has 2 aromatic rings. The quantitative estimate of drug-likeness (QED) is 0.892. The summed E-state index contributed by atoms with van der Waals surface area (Å²) in [4.78, 5) is 10.6. The highest BCUT2D eigenvalue weighted by molar-refractivity contribution is 5.44. The van der Waals surface area contributed by atoms with E-state index >= 15 is 0 Å². The minimum Gasteiger partial charge on any atom is -0.379 e. The van der Waals surface area contributed by atoms with Crippen LogP contribution in [0.3, 0.4) is 0 Å². The van der Waals surface area contributed by atoms with Gasteiger partial charge in [-0.15, -0.1) is 0 Å². The molecule has 1 aromatic heterocycles. The van der Waals surface area contributed by atoms with Gasteiger partial charge in [-0.25, -0.2) is 9.97 Å². The number of aromatic nitrogens is 2. The Kier molecular flexibility index (Phi) is 4.47. The highest BCUT2D eigenvalue weighted by Crippen LogP contribution is 2.11. The molecule has 4 nitrogen and oxygen atoms in total. The summed E-state index contributed by atoms with van der Waals surface area (Å²) in [5.74, 6) is 0.806. The third kappa shape index (κ3) is 4.34. The van der Waals surface area contributed by atoms with Crippen LogP contribution >= 0.6 is 0 Å². The van der Waals surface area contributed by atoms with Crippen LogP contribution in [0, 0.1) is 6.92 Å². The van der Waals surface area contributed by atoms with E-state index in [4.69, 9.17) is 0 Å². The van der Waals surface area contributed by atoms with Crippen LogP contribution in [0.4, 0.5) is 5.69 Å². The first-order valence-corrected chi connectivity index (χ1v) is 6.39. The molecule has 0 spiro atoms. The van der Waals surface area contributed by atoms with Gasteiger partial charge in [-0.05, 0) is 44.8 Å². The summed E-state index contributed by atoms with van der Waals surface area (Å²) in [6.45, 7) is 3.58. The molecule has 0 unspecified atom stereocenters. The molecule has 4 heteroatoms. The van der Waals surface area contributed by atoms with Gasteiger partial charge in [0.05, 0.1) is 12.2 Å². The van der Waals surface area contributed by atoms with Gasteiger partial charge in [0.15, 0.2) is 0 Å². The molecule has 1 aromatic carbocycles. The van der Waals surface area contributed by atoms with Crippen molar-refractivity contribution in [1.82, 2.24) is 14.9 Å². The fourth-order valence-electron chi connectivity index (χ4n) is 1.89. The second kappa shape index (κ2) is 6.29. The van der Waals surface area contributed by atoms with Crippen molar-refractivity contribution in [3.05, 3.63) is 53.6 Å². The van der Waals surface area contributed by atoms with Gasteiger partial charge in [-0.2, -0.15) is 0 Å². The standard InChI is InChI=1S/C15H20N4/c1-12-16-9-8-15(18-12)10-17-14-6-4-13(5-7-14)11-19(2)3/h4-9,17H,10-11H2,1-3H3. The Balaban J connectivity index is 1.93. The molecule has 1 heterocycles. The maximum atomic E-state index is 4.36. The first-order valence-electron chi connectivity index (χ1n) is 6.39. The van der Waals surface area contributed by atoms with Crippen LogP contribution < -0.4 is 5.32 Å². The molecular formula is C15H20N4. The molecule has 0 aliphatic heterocycles. The van der Waals surface area contributed by atoms with Gasteiger partial charge in [0.2, 0.25) is 0 Å². The summed E-state index contributed by atoms with van der Waals surface area (Å²) in [6.07, 6.45) is 1.79. The lowest BCUT2D eigenvalue weighted by Crippen LogP contribution is -2.10. The van der Waals surface area contributed by atoms with E-state index in [1.165, 1.54) is 5.56 Å². The van der Waals surface area contributed by atoms with E-state index in [1.54, 1.807) is 6.20 Å². The van der Waals surface area contributed by atoms with Crippen LogP contribution in [-0.2, 0) is 13.1 Å². The minimum absolute atomic E-state index is 0.719. The lowest BCUT2D eigenvalue weighted by molar-refractivity contribution is 0.402. The Morgan fingerprint density at radius 1 is 1.11 bits per heavy atom. The zero-order valence-electron chi connectivity index (χ0n) is 11.7. The number of rotatable bonds is 5.